The van der Waals surface area contributed by atoms with Gasteiger partial charge in [0, 0.05) is 5.39 Å². The van der Waals surface area contributed by atoms with E-state index >= 15 is 0 Å². The Bertz CT molecular complexity index is 557. The number of hydrogen-bond donors (Lipinski definition) is 1. The lowest BCUT2D eigenvalue weighted by atomic mass is 10.2. The molecule has 0 bridgehead atoms. The molecule has 2 aromatic rings. The monoisotopic (exact) mass is 199 g/mol. The van der Waals surface area contributed by atoms with Gasteiger partial charge in [0.15, 0.2) is 0 Å². The van der Waals surface area contributed by atoms with Gasteiger partial charge >= 0.3 is 0 Å². The van der Waals surface area contributed by atoms with E-state index in [0.29, 0.717) is 0 Å². The van der Waals surface area contributed by atoms with Gasteiger partial charge in [-0.1, -0.05) is 24.0 Å². The summed E-state index contributed by atoms with van der Waals surface area (Å²) in [6, 6.07) is 7.60. The van der Waals surface area contributed by atoms with Crippen molar-refractivity contribution in [2.75, 3.05) is 0 Å². The summed E-state index contributed by atoms with van der Waals surface area (Å²) in [4.78, 5) is 10.5. The summed E-state index contributed by atoms with van der Waals surface area (Å²) >= 11 is 0. The van der Waals surface area contributed by atoms with E-state index in [0.717, 1.165) is 16.5 Å². The summed E-state index contributed by atoms with van der Waals surface area (Å²) in [5, 5.41) is 0.953. The van der Waals surface area contributed by atoms with Gasteiger partial charge < -0.3 is 10.2 Å². The van der Waals surface area contributed by atoms with E-state index in [-0.39, 0.29) is 6.42 Å². The van der Waals surface area contributed by atoms with Gasteiger partial charge in [0.1, 0.15) is 11.8 Å². The number of rotatable bonds is 1. The molecule has 0 atom stereocenters. The second-order valence-electron chi connectivity index (χ2n) is 3.09. The van der Waals surface area contributed by atoms with Gasteiger partial charge in [-0.25, -0.2) is 0 Å². The molecule has 0 fully saturated rings. The summed E-state index contributed by atoms with van der Waals surface area (Å²) in [5.41, 5.74) is 6.56. The minimum atomic E-state index is -0.421. The number of amides is 1. The lowest BCUT2D eigenvalue weighted by Gasteiger charge is -1.85. The predicted molar refractivity (Wildman–Crippen MR) is 56.9 cm³/mol. The number of furan rings is 1. The number of primary amides is 1. The molecule has 0 unspecified atom stereocenters. The van der Waals surface area contributed by atoms with Gasteiger partial charge in [-0.15, -0.1) is 0 Å². The van der Waals surface area contributed by atoms with Crippen molar-refractivity contribution in [2.24, 2.45) is 5.73 Å². The second-order valence-corrected chi connectivity index (χ2v) is 3.09. The molecule has 0 spiro atoms. The summed E-state index contributed by atoms with van der Waals surface area (Å²) < 4.78 is 5.29. The fraction of sp³-hybridized carbons (Fsp3) is 0.0833. The lowest BCUT2D eigenvalue weighted by molar-refractivity contribution is -0.117. The van der Waals surface area contributed by atoms with Crippen molar-refractivity contribution in [3.05, 3.63) is 36.1 Å². The van der Waals surface area contributed by atoms with Crippen molar-refractivity contribution in [3.63, 3.8) is 0 Å². The molecule has 0 aliphatic heterocycles. The Morgan fingerprint density at radius 1 is 1.40 bits per heavy atom. The topological polar surface area (TPSA) is 56.2 Å². The second kappa shape index (κ2) is 3.89. The molecule has 1 heterocycles. The van der Waals surface area contributed by atoms with Crippen LogP contribution in [0.3, 0.4) is 0 Å². The van der Waals surface area contributed by atoms with Crippen molar-refractivity contribution in [1.29, 1.82) is 0 Å². The average molecular weight is 199 g/mol. The lowest BCUT2D eigenvalue weighted by Crippen LogP contribution is -2.08. The smallest absolute Gasteiger partial charge is 0.229 e. The maximum atomic E-state index is 10.5. The van der Waals surface area contributed by atoms with Crippen LogP contribution < -0.4 is 5.73 Å². The van der Waals surface area contributed by atoms with Crippen molar-refractivity contribution < 1.29 is 9.21 Å². The average Bonchev–Trinajstić information content (AvgIpc) is 2.62. The molecule has 2 rings (SSSR count). The van der Waals surface area contributed by atoms with Crippen LogP contribution in [0.25, 0.3) is 11.0 Å². The van der Waals surface area contributed by atoms with Crippen LogP contribution in [0.4, 0.5) is 0 Å². The Balaban J connectivity index is 2.35. The zero-order valence-corrected chi connectivity index (χ0v) is 7.99. The van der Waals surface area contributed by atoms with Crippen molar-refractivity contribution in [3.8, 4) is 11.8 Å². The quantitative estimate of drug-likeness (QED) is 0.710. The van der Waals surface area contributed by atoms with Gasteiger partial charge in [-0.3, -0.25) is 4.79 Å². The van der Waals surface area contributed by atoms with Crippen LogP contribution in [-0.4, -0.2) is 5.91 Å². The highest BCUT2D eigenvalue weighted by Crippen LogP contribution is 2.19. The van der Waals surface area contributed by atoms with Crippen LogP contribution in [-0.2, 0) is 4.79 Å². The minimum absolute atomic E-state index is 0.0690. The third-order valence-corrected chi connectivity index (χ3v) is 1.97. The SMILES string of the molecule is NC(=O)CC#Cc1coc2ccccc12. The maximum Gasteiger partial charge on any atom is 0.229 e. The minimum Gasteiger partial charge on any atom is -0.463 e. The van der Waals surface area contributed by atoms with Crippen molar-refractivity contribution in [1.82, 2.24) is 0 Å². The van der Waals surface area contributed by atoms with Gasteiger partial charge in [-0.2, -0.15) is 0 Å². The molecular formula is C12H9NO2. The zero-order chi connectivity index (χ0) is 10.7. The fourth-order valence-corrected chi connectivity index (χ4v) is 1.30. The molecule has 0 saturated heterocycles. The third-order valence-electron chi connectivity index (χ3n) is 1.97. The largest absolute Gasteiger partial charge is 0.463 e. The Morgan fingerprint density at radius 2 is 2.20 bits per heavy atom. The van der Waals surface area contributed by atoms with Gasteiger partial charge in [0.25, 0.3) is 0 Å². The molecule has 1 aromatic heterocycles. The van der Waals surface area contributed by atoms with Crippen molar-refractivity contribution >= 4 is 16.9 Å². The van der Waals surface area contributed by atoms with E-state index in [1.54, 1.807) is 6.26 Å². The number of carbonyl (C=O) groups is 1. The van der Waals surface area contributed by atoms with Crippen LogP contribution >= 0.6 is 0 Å². The molecule has 3 heteroatoms. The number of fused-ring (bicyclic) bond motifs is 1. The van der Waals surface area contributed by atoms with E-state index in [1.807, 2.05) is 24.3 Å². The van der Waals surface area contributed by atoms with Crippen LogP contribution in [0.5, 0.6) is 0 Å². The third kappa shape index (κ3) is 2.00. The molecule has 15 heavy (non-hydrogen) atoms. The summed E-state index contributed by atoms with van der Waals surface area (Å²) in [5.74, 6) is 5.13. The van der Waals surface area contributed by atoms with E-state index in [9.17, 15) is 4.79 Å². The highest BCUT2D eigenvalue weighted by molar-refractivity contribution is 5.84. The van der Waals surface area contributed by atoms with Crippen LogP contribution in [0.15, 0.2) is 34.9 Å². The zero-order valence-electron chi connectivity index (χ0n) is 7.99. The van der Waals surface area contributed by atoms with Crippen LogP contribution in [0.1, 0.15) is 12.0 Å². The first-order valence-electron chi connectivity index (χ1n) is 4.51. The van der Waals surface area contributed by atoms with Gasteiger partial charge in [-0.05, 0) is 12.1 Å². The normalized spacial score (nSPS) is 9.60. The van der Waals surface area contributed by atoms with E-state index in [4.69, 9.17) is 10.2 Å². The maximum absolute atomic E-state index is 10.5. The van der Waals surface area contributed by atoms with E-state index in [2.05, 4.69) is 11.8 Å². The summed E-state index contributed by atoms with van der Waals surface area (Å²) in [7, 11) is 0. The molecule has 0 saturated carbocycles. The number of hydrogen-bond acceptors (Lipinski definition) is 2. The Kier molecular flexibility index (Phi) is 2.42. The first kappa shape index (κ1) is 9.35. The van der Waals surface area contributed by atoms with E-state index < -0.39 is 5.91 Å². The molecule has 0 aliphatic rings. The first-order valence-corrected chi connectivity index (χ1v) is 4.51. The van der Waals surface area contributed by atoms with E-state index in [1.165, 1.54) is 0 Å². The Morgan fingerprint density at radius 3 is 3.00 bits per heavy atom. The number of carbonyl (C=O) groups excluding carboxylic acids is 1. The number of nitrogens with two attached hydrogens (primary N) is 1. The van der Waals surface area contributed by atoms with Crippen LogP contribution in [0.2, 0.25) is 0 Å². The summed E-state index contributed by atoms with van der Waals surface area (Å²) in [6.45, 7) is 0. The fourth-order valence-electron chi connectivity index (χ4n) is 1.30. The molecule has 74 valence electrons. The van der Waals surface area contributed by atoms with Gasteiger partial charge in [0.05, 0.1) is 12.0 Å². The molecule has 3 nitrogen and oxygen atoms in total. The molecule has 1 amide bonds. The number of para-hydroxylation sites is 1. The highest BCUT2D eigenvalue weighted by atomic mass is 16.3. The van der Waals surface area contributed by atoms with Gasteiger partial charge in [0.2, 0.25) is 5.91 Å². The molecular weight excluding hydrogens is 190 g/mol. The molecule has 0 aliphatic carbocycles. The molecule has 1 aromatic carbocycles. The predicted octanol–water partition coefficient (Wildman–Crippen LogP) is 1.66. The van der Waals surface area contributed by atoms with Crippen molar-refractivity contribution in [2.45, 2.75) is 6.42 Å². The van der Waals surface area contributed by atoms with Crippen LogP contribution in [0, 0.1) is 11.8 Å². The molecule has 0 radical (unpaired) electrons. The number of benzene rings is 1. The Labute approximate surface area is 86.9 Å². The first-order chi connectivity index (χ1) is 7.27. The molecule has 2 N–H and O–H groups in total. The summed E-state index contributed by atoms with van der Waals surface area (Å²) in [6.07, 6.45) is 1.65. The Hall–Kier alpha value is -2.21. The standard InChI is InChI=1S/C12H9NO2/c13-12(14)7-3-4-9-8-15-11-6-2-1-5-10(9)11/h1-2,5-6,8H,7H2,(H2,13,14). The highest BCUT2D eigenvalue weighted by Gasteiger charge is 2.00.